The zero-order valence-corrected chi connectivity index (χ0v) is 11.8. The number of anilines is 1. The number of nitriles is 1. The number of nitrogens with zero attached hydrogens (tertiary/aromatic N) is 2. The zero-order chi connectivity index (χ0) is 14.5. The highest BCUT2D eigenvalue weighted by atomic mass is 16.3. The van der Waals surface area contributed by atoms with Gasteiger partial charge in [0.25, 0.3) is 0 Å². The van der Waals surface area contributed by atoms with E-state index < -0.39 is 0 Å². The molecule has 2 aromatic rings. The fraction of sp³-hybridized carbons (Fsp3) is 0.235. The number of rotatable bonds is 4. The number of aliphatic hydroxyl groups is 1. The van der Waals surface area contributed by atoms with E-state index in [9.17, 15) is 5.11 Å². The highest BCUT2D eigenvalue weighted by molar-refractivity contribution is 5.54. The summed E-state index contributed by atoms with van der Waals surface area (Å²) in [6.07, 6.45) is 0. The van der Waals surface area contributed by atoms with Crippen molar-refractivity contribution in [3.8, 4) is 6.07 Å². The normalized spacial score (nSPS) is 10.1. The molecule has 0 amide bonds. The first-order valence-electron chi connectivity index (χ1n) is 6.54. The third kappa shape index (κ3) is 3.17. The number of benzene rings is 2. The second-order valence-electron chi connectivity index (χ2n) is 4.96. The molecule has 0 heterocycles. The van der Waals surface area contributed by atoms with Gasteiger partial charge in [-0.3, -0.25) is 0 Å². The molecule has 0 fully saturated rings. The van der Waals surface area contributed by atoms with Crippen LogP contribution in [0.2, 0.25) is 0 Å². The Hall–Kier alpha value is -2.31. The maximum Gasteiger partial charge on any atom is 0.0991 e. The number of aliphatic hydroxyl groups excluding tert-OH is 1. The zero-order valence-electron chi connectivity index (χ0n) is 11.8. The van der Waals surface area contributed by atoms with Crippen LogP contribution >= 0.6 is 0 Å². The van der Waals surface area contributed by atoms with Crippen LogP contribution in [0.25, 0.3) is 0 Å². The van der Waals surface area contributed by atoms with Crippen molar-refractivity contribution in [3.63, 3.8) is 0 Å². The summed E-state index contributed by atoms with van der Waals surface area (Å²) in [4.78, 5) is 2.08. The molecule has 0 saturated carbocycles. The summed E-state index contributed by atoms with van der Waals surface area (Å²) >= 11 is 0. The van der Waals surface area contributed by atoms with Crippen LogP contribution in [0.5, 0.6) is 0 Å². The Morgan fingerprint density at radius 2 is 2.00 bits per heavy atom. The van der Waals surface area contributed by atoms with Gasteiger partial charge >= 0.3 is 0 Å². The van der Waals surface area contributed by atoms with Crippen LogP contribution in [-0.2, 0) is 13.2 Å². The van der Waals surface area contributed by atoms with Crippen LogP contribution in [0, 0.1) is 18.3 Å². The van der Waals surface area contributed by atoms with E-state index in [4.69, 9.17) is 5.26 Å². The summed E-state index contributed by atoms with van der Waals surface area (Å²) in [6, 6.07) is 15.8. The van der Waals surface area contributed by atoms with Crippen molar-refractivity contribution in [2.24, 2.45) is 0 Å². The largest absolute Gasteiger partial charge is 0.392 e. The van der Waals surface area contributed by atoms with Crippen LogP contribution in [0.3, 0.4) is 0 Å². The Labute approximate surface area is 119 Å². The lowest BCUT2D eigenvalue weighted by molar-refractivity contribution is 0.282. The van der Waals surface area contributed by atoms with Gasteiger partial charge in [0.1, 0.15) is 0 Å². The molecule has 0 unspecified atom stereocenters. The first kappa shape index (κ1) is 14.1. The van der Waals surface area contributed by atoms with Gasteiger partial charge in [-0.1, -0.05) is 29.8 Å². The lowest BCUT2D eigenvalue weighted by Gasteiger charge is -2.22. The highest BCUT2D eigenvalue weighted by Gasteiger charge is 2.08. The van der Waals surface area contributed by atoms with Gasteiger partial charge in [-0.2, -0.15) is 5.26 Å². The van der Waals surface area contributed by atoms with Gasteiger partial charge < -0.3 is 10.0 Å². The first-order valence-corrected chi connectivity index (χ1v) is 6.54. The molecule has 0 radical (unpaired) electrons. The summed E-state index contributed by atoms with van der Waals surface area (Å²) in [7, 11) is 1.99. The lowest BCUT2D eigenvalue weighted by atomic mass is 10.1. The number of hydrogen-bond donors (Lipinski definition) is 1. The van der Waals surface area contributed by atoms with Crippen molar-refractivity contribution in [2.45, 2.75) is 20.1 Å². The molecule has 20 heavy (non-hydrogen) atoms. The summed E-state index contributed by atoms with van der Waals surface area (Å²) < 4.78 is 0. The minimum Gasteiger partial charge on any atom is -0.392 e. The molecule has 0 spiro atoms. The van der Waals surface area contributed by atoms with Crippen LogP contribution in [-0.4, -0.2) is 12.2 Å². The molecule has 0 aromatic heterocycles. The average Bonchev–Trinajstić information content (AvgIpc) is 2.47. The summed E-state index contributed by atoms with van der Waals surface area (Å²) in [5, 5.41) is 18.4. The topological polar surface area (TPSA) is 47.3 Å². The molecular weight excluding hydrogens is 248 g/mol. The van der Waals surface area contributed by atoms with Crippen molar-refractivity contribution >= 4 is 5.69 Å². The third-order valence-corrected chi connectivity index (χ3v) is 3.29. The Morgan fingerprint density at radius 3 is 2.70 bits per heavy atom. The molecule has 0 saturated heterocycles. The van der Waals surface area contributed by atoms with Crippen molar-refractivity contribution in [3.05, 3.63) is 64.7 Å². The van der Waals surface area contributed by atoms with Crippen LogP contribution < -0.4 is 4.90 Å². The molecule has 1 N–H and O–H groups in total. The fourth-order valence-corrected chi connectivity index (χ4v) is 2.31. The van der Waals surface area contributed by atoms with E-state index >= 15 is 0 Å². The van der Waals surface area contributed by atoms with Gasteiger partial charge in [-0.25, -0.2) is 0 Å². The smallest absolute Gasteiger partial charge is 0.0991 e. The highest BCUT2D eigenvalue weighted by Crippen LogP contribution is 2.22. The van der Waals surface area contributed by atoms with Gasteiger partial charge in [0.2, 0.25) is 0 Å². The van der Waals surface area contributed by atoms with E-state index in [1.807, 2.05) is 50.4 Å². The average molecular weight is 266 g/mol. The maximum atomic E-state index is 9.47. The standard InChI is InChI=1S/C17H18N2O/c1-13-6-7-17(16(8-13)12-20)19(2)11-15-5-3-4-14(9-15)10-18/h3-9,20H,11-12H2,1-2H3. The maximum absolute atomic E-state index is 9.47. The predicted octanol–water partition coefficient (Wildman–Crippen LogP) is 3.00. The second-order valence-corrected chi connectivity index (χ2v) is 4.96. The summed E-state index contributed by atoms with van der Waals surface area (Å²) in [6.45, 7) is 2.74. The van der Waals surface area contributed by atoms with Gasteiger partial charge in [0.05, 0.1) is 18.2 Å². The van der Waals surface area contributed by atoms with Crippen LogP contribution in [0.1, 0.15) is 22.3 Å². The SMILES string of the molecule is Cc1ccc(N(C)Cc2cccc(C#N)c2)c(CO)c1. The lowest BCUT2D eigenvalue weighted by Crippen LogP contribution is -2.18. The van der Waals surface area contributed by atoms with E-state index in [0.717, 1.165) is 22.4 Å². The van der Waals surface area contributed by atoms with Crippen molar-refractivity contribution < 1.29 is 5.11 Å². The first-order chi connectivity index (χ1) is 9.63. The van der Waals surface area contributed by atoms with Crippen molar-refractivity contribution in [2.75, 3.05) is 11.9 Å². The van der Waals surface area contributed by atoms with Crippen molar-refractivity contribution in [1.82, 2.24) is 0 Å². The summed E-state index contributed by atoms with van der Waals surface area (Å²) in [5.41, 5.74) is 4.82. The van der Waals surface area contributed by atoms with E-state index in [-0.39, 0.29) is 6.61 Å². The fourth-order valence-electron chi connectivity index (χ4n) is 2.31. The van der Waals surface area contributed by atoms with E-state index in [1.54, 1.807) is 6.07 Å². The molecule has 0 aliphatic carbocycles. The number of hydrogen-bond acceptors (Lipinski definition) is 3. The van der Waals surface area contributed by atoms with Crippen LogP contribution in [0.15, 0.2) is 42.5 Å². The van der Waals surface area contributed by atoms with E-state index in [2.05, 4.69) is 11.0 Å². The number of aryl methyl sites for hydroxylation is 1. The Bertz CT molecular complexity index is 644. The van der Waals surface area contributed by atoms with E-state index in [1.165, 1.54) is 0 Å². The molecular formula is C17H18N2O. The Morgan fingerprint density at radius 1 is 1.20 bits per heavy atom. The molecule has 3 heteroatoms. The summed E-state index contributed by atoms with van der Waals surface area (Å²) in [5.74, 6) is 0. The molecule has 0 atom stereocenters. The molecule has 2 aromatic carbocycles. The quantitative estimate of drug-likeness (QED) is 0.925. The molecule has 102 valence electrons. The molecule has 3 nitrogen and oxygen atoms in total. The van der Waals surface area contributed by atoms with Gasteiger partial charge in [-0.05, 0) is 30.7 Å². The van der Waals surface area contributed by atoms with Crippen molar-refractivity contribution in [1.29, 1.82) is 5.26 Å². The van der Waals surface area contributed by atoms with Gasteiger partial charge in [0, 0.05) is 24.8 Å². The second kappa shape index (κ2) is 6.23. The van der Waals surface area contributed by atoms with E-state index in [0.29, 0.717) is 12.1 Å². The molecule has 2 rings (SSSR count). The van der Waals surface area contributed by atoms with Gasteiger partial charge in [0.15, 0.2) is 0 Å². The molecule has 0 aliphatic rings. The Kier molecular flexibility index (Phi) is 4.39. The van der Waals surface area contributed by atoms with Crippen LogP contribution in [0.4, 0.5) is 5.69 Å². The minimum atomic E-state index is 0.0274. The van der Waals surface area contributed by atoms with Gasteiger partial charge in [-0.15, -0.1) is 0 Å². The molecule has 0 aliphatic heterocycles. The minimum absolute atomic E-state index is 0.0274. The third-order valence-electron chi connectivity index (χ3n) is 3.29. The monoisotopic (exact) mass is 266 g/mol. The Balaban J connectivity index is 2.23. The predicted molar refractivity (Wildman–Crippen MR) is 80.4 cm³/mol. The molecule has 0 bridgehead atoms.